The molecular formula is C32H30N2OS. The van der Waals surface area contributed by atoms with E-state index in [0.717, 1.165) is 11.1 Å². The average Bonchev–Trinajstić information content (AvgIpc) is 3.69. The third-order valence-corrected chi connectivity index (χ3v) is 5.41. The van der Waals surface area contributed by atoms with E-state index in [-0.39, 0.29) is 0 Å². The molecule has 6 aromatic rings. The molecule has 0 saturated carbocycles. The van der Waals surface area contributed by atoms with Gasteiger partial charge in [0.2, 0.25) is 11.8 Å². The van der Waals surface area contributed by atoms with Crippen LogP contribution in [0.25, 0.3) is 22.9 Å². The van der Waals surface area contributed by atoms with Gasteiger partial charge in [-0.15, -0.1) is 10.2 Å². The molecule has 0 N–H and O–H groups in total. The molecule has 0 aliphatic rings. The molecule has 0 fully saturated rings. The molecule has 2 heterocycles. The van der Waals surface area contributed by atoms with Crippen molar-refractivity contribution in [3.05, 3.63) is 155 Å². The van der Waals surface area contributed by atoms with Crippen LogP contribution in [0.15, 0.2) is 149 Å². The van der Waals surface area contributed by atoms with Crippen LogP contribution in [0.2, 0.25) is 0 Å². The van der Waals surface area contributed by atoms with E-state index in [2.05, 4.69) is 48.3 Å². The largest absolute Gasteiger partial charge is 0.416 e. The van der Waals surface area contributed by atoms with Crippen molar-refractivity contribution < 1.29 is 4.42 Å². The summed E-state index contributed by atoms with van der Waals surface area (Å²) in [6.45, 7) is 4.19. The molecule has 0 saturated heterocycles. The van der Waals surface area contributed by atoms with Crippen LogP contribution in [0, 0.1) is 13.8 Å². The van der Waals surface area contributed by atoms with Gasteiger partial charge in [-0.2, -0.15) is 11.3 Å². The average molecular weight is 491 g/mol. The van der Waals surface area contributed by atoms with E-state index in [0.29, 0.717) is 11.8 Å². The Kier molecular flexibility index (Phi) is 11.4. The molecule has 0 bridgehead atoms. The lowest BCUT2D eigenvalue weighted by Crippen LogP contribution is -1.76. The molecule has 0 radical (unpaired) electrons. The summed E-state index contributed by atoms with van der Waals surface area (Å²) in [6.07, 6.45) is 0. The Balaban J connectivity index is 0.000000156. The van der Waals surface area contributed by atoms with Crippen LogP contribution >= 0.6 is 11.3 Å². The Hall–Kier alpha value is -4.28. The molecule has 0 spiro atoms. The van der Waals surface area contributed by atoms with Gasteiger partial charge in [0.05, 0.1) is 0 Å². The van der Waals surface area contributed by atoms with Crippen LogP contribution in [0.3, 0.4) is 0 Å². The summed E-state index contributed by atoms with van der Waals surface area (Å²) >= 11 is 1.71. The standard InChI is InChI=1S/C14H10N2O.C8H10.C6H6.C4H4S/c1-3-7-11(8-4-1)13-15-16-14(17-13)12-9-5-2-6-10-12;1-7-3-5-8(2)6-4-7;1-2-4-6-5-3-1;1-2-4-5-3-1/h1-10H;3-6H,1-2H3;1-6H;1-4H. The van der Waals surface area contributed by atoms with Crippen LogP contribution < -0.4 is 0 Å². The van der Waals surface area contributed by atoms with Gasteiger partial charge >= 0.3 is 0 Å². The Morgan fingerprint density at radius 3 is 1.08 bits per heavy atom. The predicted molar refractivity (Wildman–Crippen MR) is 152 cm³/mol. The van der Waals surface area contributed by atoms with Crippen molar-refractivity contribution in [3.8, 4) is 22.9 Å². The molecule has 0 atom stereocenters. The highest BCUT2D eigenvalue weighted by Crippen LogP contribution is 2.23. The zero-order chi connectivity index (χ0) is 25.3. The normalized spacial score (nSPS) is 9.39. The van der Waals surface area contributed by atoms with Crippen molar-refractivity contribution in [3.63, 3.8) is 0 Å². The Labute approximate surface area is 217 Å². The molecule has 0 amide bonds. The highest BCUT2D eigenvalue weighted by molar-refractivity contribution is 7.07. The smallest absolute Gasteiger partial charge is 0.248 e. The van der Waals surface area contributed by atoms with Crippen molar-refractivity contribution in [1.82, 2.24) is 10.2 Å². The molecule has 2 aromatic heterocycles. The van der Waals surface area contributed by atoms with E-state index in [1.165, 1.54) is 11.1 Å². The molecule has 4 heteroatoms. The maximum Gasteiger partial charge on any atom is 0.248 e. The Morgan fingerprint density at radius 1 is 0.444 bits per heavy atom. The summed E-state index contributed by atoms with van der Waals surface area (Å²) in [6, 6.07) is 44.0. The lowest BCUT2D eigenvalue weighted by Gasteiger charge is -1.93. The first kappa shape index (κ1) is 26.3. The third-order valence-electron chi connectivity index (χ3n) is 4.78. The zero-order valence-corrected chi connectivity index (χ0v) is 21.4. The van der Waals surface area contributed by atoms with Gasteiger partial charge in [0.1, 0.15) is 0 Å². The molecule has 0 aliphatic heterocycles. The Bertz CT molecular complexity index is 1200. The molecular weight excluding hydrogens is 460 g/mol. The quantitative estimate of drug-likeness (QED) is 0.243. The van der Waals surface area contributed by atoms with Gasteiger partial charge in [-0.1, -0.05) is 120 Å². The second kappa shape index (κ2) is 15.6. The van der Waals surface area contributed by atoms with Gasteiger partial charge in [0.25, 0.3) is 0 Å². The summed E-state index contributed by atoms with van der Waals surface area (Å²) in [5.74, 6) is 1.09. The monoisotopic (exact) mass is 490 g/mol. The minimum absolute atomic E-state index is 0.546. The van der Waals surface area contributed by atoms with E-state index in [9.17, 15) is 0 Å². The van der Waals surface area contributed by atoms with Crippen LogP contribution in [-0.2, 0) is 0 Å². The SMILES string of the molecule is Cc1ccc(C)cc1.c1ccc(-c2nnc(-c3ccccc3)o2)cc1.c1ccccc1.c1ccsc1. The number of hydrogen-bond donors (Lipinski definition) is 0. The van der Waals surface area contributed by atoms with Gasteiger partial charge in [-0.3, -0.25) is 0 Å². The van der Waals surface area contributed by atoms with Crippen LogP contribution in [0.4, 0.5) is 0 Å². The second-order valence-electron chi connectivity index (χ2n) is 7.75. The summed E-state index contributed by atoms with van der Waals surface area (Å²) < 4.78 is 5.63. The van der Waals surface area contributed by atoms with Gasteiger partial charge in [0.15, 0.2) is 0 Å². The van der Waals surface area contributed by atoms with Gasteiger partial charge in [-0.05, 0) is 48.9 Å². The minimum Gasteiger partial charge on any atom is -0.416 e. The summed E-state index contributed by atoms with van der Waals surface area (Å²) in [7, 11) is 0. The first-order valence-electron chi connectivity index (χ1n) is 11.7. The lowest BCUT2D eigenvalue weighted by molar-refractivity contribution is 0.584. The molecule has 6 rings (SSSR count). The van der Waals surface area contributed by atoms with Gasteiger partial charge in [-0.25, -0.2) is 0 Å². The van der Waals surface area contributed by atoms with Gasteiger partial charge in [0, 0.05) is 11.1 Å². The summed E-state index contributed by atoms with van der Waals surface area (Å²) in [5, 5.41) is 12.2. The van der Waals surface area contributed by atoms with Crippen LogP contribution in [0.5, 0.6) is 0 Å². The number of aryl methyl sites for hydroxylation is 2. The number of nitrogens with zero attached hydrogens (tertiary/aromatic N) is 2. The van der Waals surface area contributed by atoms with Crippen LogP contribution in [0.1, 0.15) is 11.1 Å². The molecule has 0 unspecified atom stereocenters. The second-order valence-corrected chi connectivity index (χ2v) is 8.56. The highest BCUT2D eigenvalue weighted by atomic mass is 32.1. The fourth-order valence-electron chi connectivity index (χ4n) is 2.87. The fourth-order valence-corrected chi connectivity index (χ4v) is 3.32. The molecule has 0 aliphatic carbocycles. The number of aromatic nitrogens is 2. The number of rotatable bonds is 2. The van der Waals surface area contributed by atoms with Crippen LogP contribution in [-0.4, -0.2) is 10.2 Å². The summed E-state index contributed by atoms with van der Waals surface area (Å²) in [4.78, 5) is 0. The van der Waals surface area contributed by atoms with E-state index in [1.54, 1.807) is 11.3 Å². The third kappa shape index (κ3) is 9.92. The fraction of sp³-hybridized carbons (Fsp3) is 0.0625. The highest BCUT2D eigenvalue weighted by Gasteiger charge is 2.08. The lowest BCUT2D eigenvalue weighted by atomic mass is 10.2. The van der Waals surface area contributed by atoms with Gasteiger partial charge < -0.3 is 4.42 Å². The molecule has 180 valence electrons. The molecule has 4 aromatic carbocycles. The van der Waals surface area contributed by atoms with E-state index >= 15 is 0 Å². The molecule has 36 heavy (non-hydrogen) atoms. The minimum atomic E-state index is 0.546. The van der Waals surface area contributed by atoms with Crippen molar-refractivity contribution in [2.45, 2.75) is 13.8 Å². The van der Waals surface area contributed by atoms with Crippen molar-refractivity contribution in [1.29, 1.82) is 0 Å². The molecule has 3 nitrogen and oxygen atoms in total. The van der Waals surface area contributed by atoms with E-state index < -0.39 is 0 Å². The maximum absolute atomic E-state index is 5.63. The first-order chi connectivity index (χ1) is 17.7. The topological polar surface area (TPSA) is 38.9 Å². The maximum atomic E-state index is 5.63. The van der Waals surface area contributed by atoms with E-state index in [4.69, 9.17) is 4.42 Å². The van der Waals surface area contributed by atoms with Crippen molar-refractivity contribution in [2.75, 3.05) is 0 Å². The first-order valence-corrected chi connectivity index (χ1v) is 12.6. The number of hydrogen-bond acceptors (Lipinski definition) is 4. The number of thiophene rings is 1. The van der Waals surface area contributed by atoms with Crippen molar-refractivity contribution in [2.24, 2.45) is 0 Å². The Morgan fingerprint density at radius 2 is 0.778 bits per heavy atom. The zero-order valence-electron chi connectivity index (χ0n) is 20.6. The number of benzene rings is 4. The summed E-state index contributed by atoms with van der Waals surface area (Å²) in [5.41, 5.74) is 4.52. The van der Waals surface area contributed by atoms with Crippen molar-refractivity contribution >= 4 is 11.3 Å². The van der Waals surface area contributed by atoms with E-state index in [1.807, 2.05) is 120 Å². The predicted octanol–water partition coefficient (Wildman–Crippen LogP) is 9.14.